The highest BCUT2D eigenvalue weighted by atomic mass is 16.6. The Kier molecular flexibility index (Phi) is 5.16. The van der Waals surface area contributed by atoms with Crippen molar-refractivity contribution in [2.24, 2.45) is 0 Å². The number of para-hydroxylation sites is 1. The number of ether oxygens (including phenoxy) is 2. The van der Waals surface area contributed by atoms with Gasteiger partial charge in [-0.2, -0.15) is 0 Å². The first-order chi connectivity index (χ1) is 10.6. The van der Waals surface area contributed by atoms with Crippen molar-refractivity contribution in [2.75, 3.05) is 13.7 Å². The molecule has 0 aliphatic rings. The first-order valence-electron chi connectivity index (χ1n) is 7.06. The number of amides is 1. The summed E-state index contributed by atoms with van der Waals surface area (Å²) in [5, 5.41) is 3.39. The monoisotopic (exact) mass is 305 g/mol. The first kappa shape index (κ1) is 16.0. The number of carbonyl (C=O) groups excluding carboxylic acids is 2. The Bertz CT molecular complexity index is 676. The summed E-state index contributed by atoms with van der Waals surface area (Å²) >= 11 is 0. The number of nitrogens with one attached hydrogen (secondary N) is 1. The molecule has 0 unspecified atom stereocenters. The maximum absolute atomic E-state index is 12.3. The summed E-state index contributed by atoms with van der Waals surface area (Å²) in [6.07, 6.45) is -0.893. The van der Waals surface area contributed by atoms with Crippen molar-refractivity contribution in [2.45, 2.75) is 26.6 Å². The first-order valence-corrected chi connectivity index (χ1v) is 7.06. The van der Waals surface area contributed by atoms with Crippen LogP contribution in [0.25, 0.3) is 11.0 Å². The van der Waals surface area contributed by atoms with Gasteiger partial charge in [-0.1, -0.05) is 18.2 Å². The topological polar surface area (TPSA) is 77.8 Å². The predicted molar refractivity (Wildman–Crippen MR) is 80.5 cm³/mol. The van der Waals surface area contributed by atoms with Crippen LogP contribution >= 0.6 is 0 Å². The summed E-state index contributed by atoms with van der Waals surface area (Å²) in [6, 6.07) is 7.27. The molecule has 6 heteroatoms. The van der Waals surface area contributed by atoms with Crippen LogP contribution in [0.4, 0.5) is 0 Å². The van der Waals surface area contributed by atoms with E-state index in [4.69, 9.17) is 13.9 Å². The number of hydrogen-bond acceptors (Lipinski definition) is 5. The molecular formula is C16H19NO5. The van der Waals surface area contributed by atoms with Gasteiger partial charge in [-0.3, -0.25) is 4.79 Å². The van der Waals surface area contributed by atoms with Crippen molar-refractivity contribution < 1.29 is 23.5 Å². The van der Waals surface area contributed by atoms with Crippen LogP contribution < -0.4 is 5.32 Å². The molecule has 0 radical (unpaired) electrons. The highest BCUT2D eigenvalue weighted by Crippen LogP contribution is 2.27. The Morgan fingerprint density at radius 1 is 1.32 bits per heavy atom. The molecule has 2 rings (SSSR count). The summed E-state index contributed by atoms with van der Waals surface area (Å²) in [6.45, 7) is 4.00. The third kappa shape index (κ3) is 3.28. The molecule has 1 N–H and O–H groups in total. The molecule has 118 valence electrons. The Morgan fingerprint density at radius 2 is 2.05 bits per heavy atom. The normalized spacial score (nSPS) is 12.1. The molecule has 1 atom stereocenters. The number of benzene rings is 1. The molecule has 1 heterocycles. The molecular weight excluding hydrogens is 286 g/mol. The molecule has 0 aliphatic carbocycles. The lowest BCUT2D eigenvalue weighted by Crippen LogP contribution is -2.35. The van der Waals surface area contributed by atoms with Gasteiger partial charge in [0, 0.05) is 24.6 Å². The molecule has 0 saturated heterocycles. The van der Waals surface area contributed by atoms with E-state index >= 15 is 0 Å². The van der Waals surface area contributed by atoms with Gasteiger partial charge in [0.05, 0.1) is 6.61 Å². The quantitative estimate of drug-likeness (QED) is 0.828. The van der Waals surface area contributed by atoms with Crippen molar-refractivity contribution in [1.82, 2.24) is 5.32 Å². The molecule has 1 amide bonds. The molecule has 0 saturated carbocycles. The zero-order valence-electron chi connectivity index (χ0n) is 12.8. The highest BCUT2D eigenvalue weighted by molar-refractivity contribution is 5.97. The second-order valence-electron chi connectivity index (χ2n) is 4.78. The Hall–Kier alpha value is -2.34. The summed E-state index contributed by atoms with van der Waals surface area (Å²) < 4.78 is 15.9. The van der Waals surface area contributed by atoms with E-state index < -0.39 is 12.1 Å². The fourth-order valence-corrected chi connectivity index (χ4v) is 2.14. The van der Waals surface area contributed by atoms with Crippen molar-refractivity contribution >= 4 is 22.8 Å². The van der Waals surface area contributed by atoms with Gasteiger partial charge in [0.1, 0.15) is 5.58 Å². The maximum atomic E-state index is 12.3. The van der Waals surface area contributed by atoms with Crippen molar-refractivity contribution in [3.05, 3.63) is 35.6 Å². The largest absolute Gasteiger partial charge is 0.449 e. The van der Waals surface area contributed by atoms with Gasteiger partial charge in [-0.15, -0.1) is 0 Å². The van der Waals surface area contributed by atoms with Crippen molar-refractivity contribution in [3.8, 4) is 0 Å². The van der Waals surface area contributed by atoms with Crippen LogP contribution in [-0.4, -0.2) is 31.6 Å². The number of fused-ring (bicyclic) bond motifs is 1. The lowest BCUT2D eigenvalue weighted by atomic mass is 10.1. The van der Waals surface area contributed by atoms with Gasteiger partial charge >= 0.3 is 5.97 Å². The number of furan rings is 1. The smallest absolute Gasteiger partial charge is 0.375 e. The van der Waals surface area contributed by atoms with Crippen LogP contribution in [0.5, 0.6) is 0 Å². The van der Waals surface area contributed by atoms with E-state index in [0.717, 1.165) is 5.39 Å². The van der Waals surface area contributed by atoms with Gasteiger partial charge in [0.25, 0.3) is 5.91 Å². The van der Waals surface area contributed by atoms with Crippen molar-refractivity contribution in [1.29, 1.82) is 0 Å². The fraction of sp³-hybridized carbons (Fsp3) is 0.375. The summed E-state index contributed by atoms with van der Waals surface area (Å²) in [5.41, 5.74) is 1.19. The average Bonchev–Trinajstić information content (AvgIpc) is 2.87. The van der Waals surface area contributed by atoms with Gasteiger partial charge < -0.3 is 19.2 Å². The van der Waals surface area contributed by atoms with Gasteiger partial charge in [-0.05, 0) is 19.9 Å². The van der Waals surface area contributed by atoms with Gasteiger partial charge in [-0.25, -0.2) is 4.79 Å². The Labute approximate surface area is 128 Å². The molecule has 0 spiro atoms. The minimum atomic E-state index is -0.893. The molecule has 0 aliphatic heterocycles. The number of rotatable bonds is 6. The van der Waals surface area contributed by atoms with Crippen LogP contribution in [0.15, 0.2) is 28.7 Å². The molecule has 0 bridgehead atoms. The zero-order chi connectivity index (χ0) is 16.1. The SMILES string of the molecule is CCNC(=O)[C@H](C)OC(=O)c1oc2ccccc2c1COC. The second kappa shape index (κ2) is 7.09. The van der Waals surface area contributed by atoms with Crippen molar-refractivity contribution in [3.63, 3.8) is 0 Å². The molecule has 1 aromatic carbocycles. The zero-order valence-corrected chi connectivity index (χ0v) is 12.8. The third-order valence-corrected chi connectivity index (χ3v) is 3.18. The minimum Gasteiger partial charge on any atom is -0.449 e. The fourth-order valence-electron chi connectivity index (χ4n) is 2.14. The summed E-state index contributed by atoms with van der Waals surface area (Å²) in [7, 11) is 1.54. The second-order valence-corrected chi connectivity index (χ2v) is 4.78. The number of methoxy groups -OCH3 is 1. The summed E-state index contributed by atoms with van der Waals surface area (Å²) in [5.74, 6) is -0.957. The van der Waals surface area contributed by atoms with E-state index in [2.05, 4.69) is 5.32 Å². The average molecular weight is 305 g/mol. The number of esters is 1. The predicted octanol–water partition coefficient (Wildman–Crippen LogP) is 2.26. The number of carbonyl (C=O) groups is 2. The number of likely N-dealkylation sites (N-methyl/N-ethyl adjacent to an activating group) is 1. The minimum absolute atomic E-state index is 0.0687. The Balaban J connectivity index is 2.27. The lowest BCUT2D eigenvalue weighted by Gasteiger charge is -2.12. The molecule has 22 heavy (non-hydrogen) atoms. The Morgan fingerprint density at radius 3 is 2.73 bits per heavy atom. The maximum Gasteiger partial charge on any atom is 0.375 e. The van der Waals surface area contributed by atoms with Gasteiger partial charge in [0.2, 0.25) is 5.76 Å². The van der Waals surface area contributed by atoms with Gasteiger partial charge in [0.15, 0.2) is 6.10 Å². The molecule has 2 aromatic rings. The van der Waals surface area contributed by atoms with E-state index in [1.165, 1.54) is 14.0 Å². The van der Waals surface area contributed by atoms with Crippen LogP contribution in [-0.2, 0) is 20.9 Å². The molecule has 6 nitrogen and oxygen atoms in total. The van der Waals surface area contributed by atoms with E-state index in [-0.39, 0.29) is 18.3 Å². The van der Waals surface area contributed by atoms with E-state index in [1.807, 2.05) is 18.2 Å². The van der Waals surface area contributed by atoms with Crippen LogP contribution in [0, 0.1) is 0 Å². The van der Waals surface area contributed by atoms with Crippen LogP contribution in [0.2, 0.25) is 0 Å². The van der Waals surface area contributed by atoms with E-state index in [1.54, 1.807) is 13.0 Å². The standard InChI is InChI=1S/C16H19NO5/c1-4-17-15(18)10(2)21-16(19)14-12(9-20-3)11-7-5-6-8-13(11)22-14/h5-8,10H,4,9H2,1-3H3,(H,17,18)/t10-/m0/s1. The number of hydrogen-bond donors (Lipinski definition) is 1. The highest BCUT2D eigenvalue weighted by Gasteiger charge is 2.25. The van der Waals surface area contributed by atoms with E-state index in [9.17, 15) is 9.59 Å². The van der Waals surface area contributed by atoms with E-state index in [0.29, 0.717) is 17.7 Å². The third-order valence-electron chi connectivity index (χ3n) is 3.18. The molecule has 1 aromatic heterocycles. The van der Waals surface area contributed by atoms with Crippen LogP contribution in [0.1, 0.15) is 30.0 Å². The summed E-state index contributed by atoms with van der Waals surface area (Å²) in [4.78, 5) is 23.9. The van der Waals surface area contributed by atoms with Crippen LogP contribution in [0.3, 0.4) is 0 Å². The molecule has 0 fully saturated rings. The lowest BCUT2D eigenvalue weighted by molar-refractivity contribution is -0.129.